The van der Waals surface area contributed by atoms with E-state index in [0.29, 0.717) is 0 Å². The van der Waals surface area contributed by atoms with Crippen LogP contribution in [0.5, 0.6) is 0 Å². The van der Waals surface area contributed by atoms with Gasteiger partial charge in [0, 0.05) is 21.1 Å². The van der Waals surface area contributed by atoms with Gasteiger partial charge in [-0.2, -0.15) is 0 Å². The number of aliphatic hydroxyl groups excluding tert-OH is 1. The molecular formula is C3H4O5Pt. The molecule has 0 heterocycles. The molecule has 0 spiro atoms. The van der Waals surface area contributed by atoms with E-state index < -0.39 is 18.0 Å². The zero-order valence-electron chi connectivity index (χ0n) is 4.05. The topological polar surface area (TPSA) is 94.8 Å². The maximum Gasteiger partial charge on any atom is 0.344 e. The Bertz CT molecular complexity index is 107. The monoisotopic (exact) mass is 315 g/mol. The molecule has 0 radical (unpaired) electrons. The van der Waals surface area contributed by atoms with Crippen LogP contribution in [0.25, 0.3) is 0 Å². The van der Waals surface area contributed by atoms with Crippen LogP contribution in [0, 0.1) is 0 Å². The Hall–Kier alpha value is -0.412. The van der Waals surface area contributed by atoms with Crippen LogP contribution < -0.4 is 0 Å². The van der Waals surface area contributed by atoms with Gasteiger partial charge in [0.15, 0.2) is 0 Å². The maximum absolute atomic E-state index is 9.51. The van der Waals surface area contributed by atoms with Crippen molar-refractivity contribution in [3.8, 4) is 0 Å². The van der Waals surface area contributed by atoms with Crippen molar-refractivity contribution in [3.05, 3.63) is 0 Å². The smallest absolute Gasteiger partial charge is 0.344 e. The molecule has 56 valence electrons. The first-order chi connectivity index (χ1) is 3.55. The van der Waals surface area contributed by atoms with Crippen molar-refractivity contribution in [2.75, 3.05) is 0 Å². The minimum atomic E-state index is -2.30. The summed E-state index contributed by atoms with van der Waals surface area (Å²) in [6.45, 7) is 0. The third kappa shape index (κ3) is 4.12. The Labute approximate surface area is 64.6 Å². The molecule has 0 rings (SSSR count). The van der Waals surface area contributed by atoms with Crippen LogP contribution in [-0.2, 0) is 30.7 Å². The molecule has 0 bridgehead atoms. The van der Waals surface area contributed by atoms with Gasteiger partial charge in [-0.25, -0.2) is 9.59 Å². The van der Waals surface area contributed by atoms with Crippen molar-refractivity contribution < 1.29 is 46.0 Å². The van der Waals surface area contributed by atoms with Crippen molar-refractivity contribution in [2.45, 2.75) is 6.10 Å². The number of carboxylic acid groups (broad SMARTS) is 2. The van der Waals surface area contributed by atoms with Crippen LogP contribution in [0.15, 0.2) is 0 Å². The van der Waals surface area contributed by atoms with Crippen LogP contribution >= 0.6 is 0 Å². The molecule has 0 aromatic carbocycles. The number of carbonyl (C=O) groups is 2. The summed E-state index contributed by atoms with van der Waals surface area (Å²) in [5, 5.41) is 23.4. The Kier molecular flexibility index (Phi) is 5.65. The van der Waals surface area contributed by atoms with Gasteiger partial charge < -0.3 is 15.3 Å². The average molecular weight is 315 g/mol. The van der Waals surface area contributed by atoms with Gasteiger partial charge >= 0.3 is 11.9 Å². The van der Waals surface area contributed by atoms with Crippen LogP contribution in [0.4, 0.5) is 0 Å². The molecule has 0 unspecified atom stereocenters. The quantitative estimate of drug-likeness (QED) is 0.540. The van der Waals surface area contributed by atoms with Crippen LogP contribution in [-0.4, -0.2) is 33.4 Å². The molecule has 0 aliphatic heterocycles. The van der Waals surface area contributed by atoms with E-state index in [2.05, 4.69) is 0 Å². The predicted molar refractivity (Wildman–Crippen MR) is 21.3 cm³/mol. The third-order valence-electron chi connectivity index (χ3n) is 0.468. The fraction of sp³-hybridized carbons (Fsp3) is 0.333. The zero-order valence-corrected chi connectivity index (χ0v) is 6.32. The predicted octanol–water partition coefficient (Wildman–Crippen LogP) is -1.49. The second-order valence-electron chi connectivity index (χ2n) is 1.08. The fourth-order valence-electron chi connectivity index (χ4n) is 0.106. The Balaban J connectivity index is 0. The summed E-state index contributed by atoms with van der Waals surface area (Å²) in [6.07, 6.45) is -2.30. The summed E-state index contributed by atoms with van der Waals surface area (Å²) >= 11 is 0. The second kappa shape index (κ2) is 4.47. The molecule has 0 aliphatic carbocycles. The van der Waals surface area contributed by atoms with E-state index >= 15 is 0 Å². The molecular weight excluding hydrogens is 311 g/mol. The van der Waals surface area contributed by atoms with E-state index in [1.165, 1.54) is 0 Å². The molecule has 0 fully saturated rings. The van der Waals surface area contributed by atoms with Gasteiger partial charge in [-0.1, -0.05) is 0 Å². The standard InChI is InChI=1S/C3H4O5.Pt/c4-1(2(5)6)3(7)8;/h1,4H,(H,5,6)(H,7,8);. The number of rotatable bonds is 2. The normalized spacial score (nSPS) is 8.22. The van der Waals surface area contributed by atoms with Gasteiger partial charge in [0.1, 0.15) is 0 Å². The Morgan fingerprint density at radius 2 is 1.33 bits per heavy atom. The van der Waals surface area contributed by atoms with E-state index in [1.54, 1.807) is 0 Å². The minimum Gasteiger partial charge on any atom is -0.479 e. The first-order valence-electron chi connectivity index (χ1n) is 1.69. The largest absolute Gasteiger partial charge is 0.479 e. The first kappa shape index (κ1) is 11.4. The van der Waals surface area contributed by atoms with Crippen molar-refractivity contribution in [3.63, 3.8) is 0 Å². The molecule has 3 N–H and O–H groups in total. The number of aliphatic carboxylic acids is 2. The first-order valence-corrected chi connectivity index (χ1v) is 1.69. The number of hydrogen-bond donors (Lipinski definition) is 3. The summed E-state index contributed by atoms with van der Waals surface area (Å²) in [7, 11) is 0. The fourth-order valence-corrected chi connectivity index (χ4v) is 0.106. The van der Waals surface area contributed by atoms with Gasteiger partial charge in [-0.15, -0.1) is 0 Å². The van der Waals surface area contributed by atoms with Crippen molar-refractivity contribution in [1.29, 1.82) is 0 Å². The van der Waals surface area contributed by atoms with E-state index in [0.717, 1.165) is 0 Å². The molecule has 0 amide bonds. The maximum atomic E-state index is 9.51. The summed E-state index contributed by atoms with van der Waals surface area (Å²) in [4.78, 5) is 19.0. The van der Waals surface area contributed by atoms with E-state index in [1.807, 2.05) is 0 Å². The second-order valence-corrected chi connectivity index (χ2v) is 1.08. The van der Waals surface area contributed by atoms with Crippen molar-refractivity contribution >= 4 is 11.9 Å². The van der Waals surface area contributed by atoms with Gasteiger partial charge in [0.25, 0.3) is 0 Å². The minimum absolute atomic E-state index is 0. The van der Waals surface area contributed by atoms with Gasteiger partial charge in [-0.05, 0) is 0 Å². The van der Waals surface area contributed by atoms with E-state index in [-0.39, 0.29) is 21.1 Å². The molecule has 5 nitrogen and oxygen atoms in total. The molecule has 9 heavy (non-hydrogen) atoms. The van der Waals surface area contributed by atoms with Crippen LogP contribution in [0.3, 0.4) is 0 Å². The van der Waals surface area contributed by atoms with Gasteiger partial charge in [0.05, 0.1) is 0 Å². The van der Waals surface area contributed by atoms with E-state index in [9.17, 15) is 9.59 Å². The molecule has 0 aromatic heterocycles. The van der Waals surface area contributed by atoms with Crippen molar-refractivity contribution in [1.82, 2.24) is 0 Å². The molecule has 0 atom stereocenters. The average Bonchev–Trinajstić information content (AvgIpc) is 1.64. The third-order valence-corrected chi connectivity index (χ3v) is 0.468. The number of aliphatic hydroxyl groups is 1. The SMILES string of the molecule is O=C(O)C(O)C(=O)O.[Pt]. The molecule has 0 saturated heterocycles. The Morgan fingerprint density at radius 1 is 1.11 bits per heavy atom. The summed E-state index contributed by atoms with van der Waals surface area (Å²) < 4.78 is 0. The number of carboxylic acids is 2. The number of hydrogen-bond acceptors (Lipinski definition) is 3. The van der Waals surface area contributed by atoms with E-state index in [4.69, 9.17) is 15.3 Å². The van der Waals surface area contributed by atoms with Crippen LogP contribution in [0.1, 0.15) is 0 Å². The summed E-state index contributed by atoms with van der Waals surface area (Å²) in [6, 6.07) is 0. The summed E-state index contributed by atoms with van der Waals surface area (Å²) in [5.41, 5.74) is 0. The van der Waals surface area contributed by atoms with Crippen LogP contribution in [0.2, 0.25) is 0 Å². The molecule has 0 saturated carbocycles. The molecule has 6 heteroatoms. The van der Waals surface area contributed by atoms with Crippen molar-refractivity contribution in [2.24, 2.45) is 0 Å². The Morgan fingerprint density at radius 3 is 1.33 bits per heavy atom. The summed E-state index contributed by atoms with van der Waals surface area (Å²) in [5.74, 6) is -3.50. The molecule has 0 aliphatic rings. The van der Waals surface area contributed by atoms with Gasteiger partial charge in [-0.3, -0.25) is 0 Å². The molecule has 0 aromatic rings. The zero-order chi connectivity index (χ0) is 6.73. The van der Waals surface area contributed by atoms with Gasteiger partial charge in [0.2, 0.25) is 6.10 Å².